The summed E-state index contributed by atoms with van der Waals surface area (Å²) in [6.45, 7) is 1.96. The number of anilines is 2. The first-order chi connectivity index (χ1) is 9.26. The fourth-order valence-electron chi connectivity index (χ4n) is 1.64. The van der Waals surface area contributed by atoms with Crippen LogP contribution in [-0.4, -0.2) is 37.7 Å². The Morgan fingerprint density at radius 3 is 2.55 bits per heavy atom. The van der Waals surface area contributed by atoms with E-state index in [1.807, 2.05) is 6.92 Å². The lowest BCUT2D eigenvalue weighted by Crippen LogP contribution is -2.20. The van der Waals surface area contributed by atoms with Crippen molar-refractivity contribution in [3.05, 3.63) is 18.2 Å². The Bertz CT molecular complexity index is 588. The lowest BCUT2D eigenvalue weighted by Gasteiger charge is -2.17. The molecule has 4 N–H and O–H groups in total. The summed E-state index contributed by atoms with van der Waals surface area (Å²) in [5, 5.41) is 3.19. The van der Waals surface area contributed by atoms with Crippen molar-refractivity contribution >= 4 is 32.2 Å². The van der Waals surface area contributed by atoms with Gasteiger partial charge in [-0.1, -0.05) is 0 Å². The zero-order valence-corrected chi connectivity index (χ0v) is 13.5. The van der Waals surface area contributed by atoms with Crippen LogP contribution in [0.3, 0.4) is 0 Å². The molecule has 0 aliphatic heterocycles. The van der Waals surface area contributed by atoms with E-state index in [1.165, 1.54) is 19.2 Å². The molecule has 114 valence electrons. The summed E-state index contributed by atoms with van der Waals surface area (Å²) in [5.74, 6) is 0.611. The van der Waals surface area contributed by atoms with Crippen LogP contribution in [0, 0.1) is 0 Å². The first kappa shape index (κ1) is 16.9. The number of nitrogen functional groups attached to an aromatic ring is 1. The second-order valence-electron chi connectivity index (χ2n) is 4.57. The minimum absolute atomic E-state index is 0.105. The molecule has 0 fully saturated rings. The molecule has 1 rings (SSSR count). The van der Waals surface area contributed by atoms with Gasteiger partial charge in [0.05, 0.1) is 16.3 Å². The van der Waals surface area contributed by atoms with Gasteiger partial charge in [-0.15, -0.1) is 0 Å². The van der Waals surface area contributed by atoms with E-state index in [4.69, 9.17) is 5.73 Å². The monoisotopic (exact) mass is 319 g/mol. The van der Waals surface area contributed by atoms with Crippen LogP contribution in [0.5, 0.6) is 0 Å². The van der Waals surface area contributed by atoms with E-state index < -0.39 is 20.8 Å². The van der Waals surface area contributed by atoms with Gasteiger partial charge in [0.1, 0.15) is 0 Å². The number of hydrogen-bond acceptors (Lipinski definition) is 5. The summed E-state index contributed by atoms with van der Waals surface area (Å²) in [7, 11) is -2.96. The van der Waals surface area contributed by atoms with Gasteiger partial charge >= 0.3 is 0 Å². The van der Waals surface area contributed by atoms with Crippen molar-refractivity contribution in [3.63, 3.8) is 0 Å². The van der Waals surface area contributed by atoms with Gasteiger partial charge in [-0.3, -0.25) is 4.21 Å². The van der Waals surface area contributed by atoms with Crippen molar-refractivity contribution in [3.8, 4) is 0 Å². The predicted octanol–water partition coefficient (Wildman–Crippen LogP) is 0.746. The number of rotatable bonds is 7. The van der Waals surface area contributed by atoms with Gasteiger partial charge in [0.15, 0.2) is 0 Å². The molecule has 20 heavy (non-hydrogen) atoms. The van der Waals surface area contributed by atoms with E-state index >= 15 is 0 Å². The van der Waals surface area contributed by atoms with Crippen LogP contribution in [0.15, 0.2) is 23.1 Å². The van der Waals surface area contributed by atoms with Crippen LogP contribution in [0.2, 0.25) is 0 Å². The molecule has 0 saturated heterocycles. The van der Waals surface area contributed by atoms with Gasteiger partial charge in [0.25, 0.3) is 0 Å². The maximum absolute atomic E-state index is 11.6. The fraction of sp³-hybridized carbons (Fsp3) is 0.500. The highest BCUT2D eigenvalue weighted by Crippen LogP contribution is 2.23. The van der Waals surface area contributed by atoms with E-state index in [0.29, 0.717) is 17.1 Å². The third-order valence-electron chi connectivity index (χ3n) is 2.84. The van der Waals surface area contributed by atoms with Crippen molar-refractivity contribution in [2.75, 3.05) is 30.1 Å². The molecule has 0 aromatic heterocycles. The third-order valence-corrected chi connectivity index (χ3v) is 5.06. The topological polar surface area (TPSA) is 101 Å². The summed E-state index contributed by atoms with van der Waals surface area (Å²) in [6, 6.07) is 4.65. The van der Waals surface area contributed by atoms with Gasteiger partial charge in [-0.05, 0) is 38.6 Å². The molecule has 1 aromatic carbocycles. The molecular weight excluding hydrogens is 298 g/mol. The highest BCUT2D eigenvalue weighted by Gasteiger charge is 2.13. The van der Waals surface area contributed by atoms with Gasteiger partial charge in [0, 0.05) is 28.9 Å². The maximum Gasteiger partial charge on any atom is 0.240 e. The summed E-state index contributed by atoms with van der Waals surface area (Å²) < 4.78 is 36.6. The van der Waals surface area contributed by atoms with E-state index in [2.05, 4.69) is 10.0 Å². The Morgan fingerprint density at radius 2 is 2.05 bits per heavy atom. The van der Waals surface area contributed by atoms with Crippen LogP contribution in [0.1, 0.15) is 13.3 Å². The number of benzene rings is 1. The normalized spacial score (nSPS) is 14.8. The van der Waals surface area contributed by atoms with Crippen molar-refractivity contribution in [1.82, 2.24) is 4.72 Å². The standard InChI is InChI=1S/C12H21N3O3S2/c1-9(6-7-19(3)16)15-12-5-4-10(8-11(12)13)20(17,18)14-2/h4-5,8-9,14-15H,6-7,13H2,1-3H3. The molecule has 0 heterocycles. The first-order valence-electron chi connectivity index (χ1n) is 6.16. The van der Waals surface area contributed by atoms with Gasteiger partial charge < -0.3 is 11.1 Å². The Morgan fingerprint density at radius 1 is 1.40 bits per heavy atom. The van der Waals surface area contributed by atoms with Crippen LogP contribution < -0.4 is 15.8 Å². The quantitative estimate of drug-likeness (QED) is 0.644. The lowest BCUT2D eigenvalue weighted by molar-refractivity contribution is 0.588. The SMILES string of the molecule is CNS(=O)(=O)c1ccc(NC(C)CCS(C)=O)c(N)c1. The first-order valence-corrected chi connectivity index (χ1v) is 9.37. The second kappa shape index (κ2) is 7.05. The average Bonchev–Trinajstić information content (AvgIpc) is 2.38. The predicted molar refractivity (Wildman–Crippen MR) is 83.7 cm³/mol. The van der Waals surface area contributed by atoms with E-state index in [9.17, 15) is 12.6 Å². The number of nitrogens with one attached hydrogen (secondary N) is 2. The zero-order valence-electron chi connectivity index (χ0n) is 11.8. The Labute approximate surface area is 122 Å². The van der Waals surface area contributed by atoms with E-state index in [-0.39, 0.29) is 10.9 Å². The fourth-order valence-corrected chi connectivity index (χ4v) is 3.09. The third kappa shape index (κ3) is 4.77. The number of sulfonamides is 1. The highest BCUT2D eigenvalue weighted by atomic mass is 32.2. The summed E-state index contributed by atoms with van der Waals surface area (Å²) >= 11 is 0. The Kier molecular flexibility index (Phi) is 5.97. The van der Waals surface area contributed by atoms with Crippen LogP contribution >= 0.6 is 0 Å². The van der Waals surface area contributed by atoms with Crippen LogP contribution in [-0.2, 0) is 20.8 Å². The van der Waals surface area contributed by atoms with E-state index in [1.54, 1.807) is 12.3 Å². The molecule has 0 amide bonds. The molecule has 2 unspecified atom stereocenters. The molecule has 1 aromatic rings. The minimum atomic E-state index is -3.49. The number of hydrogen-bond donors (Lipinski definition) is 3. The molecule has 2 atom stereocenters. The molecule has 0 saturated carbocycles. The molecule has 0 spiro atoms. The molecule has 0 aliphatic rings. The highest BCUT2D eigenvalue weighted by molar-refractivity contribution is 7.89. The minimum Gasteiger partial charge on any atom is -0.397 e. The number of nitrogens with two attached hydrogens (primary N) is 1. The molecule has 0 bridgehead atoms. The van der Waals surface area contributed by atoms with Crippen molar-refractivity contribution in [2.45, 2.75) is 24.3 Å². The second-order valence-corrected chi connectivity index (χ2v) is 8.01. The smallest absolute Gasteiger partial charge is 0.240 e. The molecule has 6 nitrogen and oxygen atoms in total. The van der Waals surface area contributed by atoms with Crippen LogP contribution in [0.4, 0.5) is 11.4 Å². The molecular formula is C12H21N3O3S2. The van der Waals surface area contributed by atoms with Crippen molar-refractivity contribution < 1.29 is 12.6 Å². The van der Waals surface area contributed by atoms with Crippen molar-refractivity contribution in [2.24, 2.45) is 0 Å². The summed E-state index contributed by atoms with van der Waals surface area (Å²) in [4.78, 5) is 0.130. The van der Waals surface area contributed by atoms with Gasteiger partial charge in [-0.2, -0.15) is 0 Å². The molecule has 0 aliphatic carbocycles. The van der Waals surface area contributed by atoms with Crippen LogP contribution in [0.25, 0.3) is 0 Å². The van der Waals surface area contributed by atoms with Gasteiger partial charge in [-0.25, -0.2) is 13.1 Å². The summed E-state index contributed by atoms with van der Waals surface area (Å²) in [5.41, 5.74) is 6.90. The average molecular weight is 319 g/mol. The van der Waals surface area contributed by atoms with Gasteiger partial charge in [0.2, 0.25) is 10.0 Å². The summed E-state index contributed by atoms with van der Waals surface area (Å²) in [6.07, 6.45) is 2.41. The Balaban J connectivity index is 2.81. The van der Waals surface area contributed by atoms with Crippen molar-refractivity contribution in [1.29, 1.82) is 0 Å². The maximum atomic E-state index is 11.6. The van der Waals surface area contributed by atoms with E-state index in [0.717, 1.165) is 6.42 Å². The Hall–Kier alpha value is -1.12. The largest absolute Gasteiger partial charge is 0.397 e. The zero-order chi connectivity index (χ0) is 15.3. The lowest BCUT2D eigenvalue weighted by atomic mass is 10.2. The molecule has 0 radical (unpaired) electrons. The molecule has 8 heteroatoms.